The summed E-state index contributed by atoms with van der Waals surface area (Å²) >= 11 is 0. The highest BCUT2D eigenvalue weighted by molar-refractivity contribution is 5.21. The Labute approximate surface area is 187 Å². The van der Waals surface area contributed by atoms with Gasteiger partial charge < -0.3 is 4.74 Å². The summed E-state index contributed by atoms with van der Waals surface area (Å²) < 4.78 is 5.92. The van der Waals surface area contributed by atoms with E-state index in [2.05, 4.69) is 65.6 Å². The Morgan fingerprint density at radius 3 is 1.65 bits per heavy atom. The van der Waals surface area contributed by atoms with E-state index in [1.807, 2.05) is 30.3 Å². The van der Waals surface area contributed by atoms with Gasteiger partial charge in [-0.25, -0.2) is 0 Å². The van der Waals surface area contributed by atoms with E-state index in [4.69, 9.17) is 4.74 Å². The van der Waals surface area contributed by atoms with Crippen LogP contribution < -0.4 is 4.74 Å². The molecule has 2 heteroatoms. The molecule has 1 aliphatic rings. The van der Waals surface area contributed by atoms with Crippen LogP contribution in [-0.4, -0.2) is 18.1 Å². The van der Waals surface area contributed by atoms with Gasteiger partial charge >= 0.3 is 0 Å². The van der Waals surface area contributed by atoms with Crippen LogP contribution in [0.2, 0.25) is 0 Å². The molecular weight excluding hydrogens is 378 g/mol. The van der Waals surface area contributed by atoms with Gasteiger partial charge in [0.05, 0.1) is 6.61 Å². The van der Waals surface area contributed by atoms with E-state index in [9.17, 15) is 0 Å². The van der Waals surface area contributed by atoms with Crippen LogP contribution in [0.4, 0.5) is 0 Å². The van der Waals surface area contributed by atoms with Gasteiger partial charge in [-0.2, -0.15) is 0 Å². The number of rotatable bonds is 10. The summed E-state index contributed by atoms with van der Waals surface area (Å²) in [6, 6.07) is 32.0. The maximum atomic E-state index is 5.92. The maximum Gasteiger partial charge on any atom is 0.119 e. The molecule has 162 valence electrons. The predicted molar refractivity (Wildman–Crippen MR) is 129 cm³/mol. The Hall–Kier alpha value is -2.58. The highest BCUT2D eigenvalue weighted by Crippen LogP contribution is 2.32. The van der Waals surface area contributed by atoms with Crippen molar-refractivity contribution in [3.05, 3.63) is 102 Å². The fraction of sp³-hybridized carbons (Fsp3) is 0.379. The quantitative estimate of drug-likeness (QED) is 0.356. The van der Waals surface area contributed by atoms with E-state index in [-0.39, 0.29) is 0 Å². The average molecular weight is 414 g/mol. The third-order valence-corrected chi connectivity index (χ3v) is 6.52. The second-order valence-electron chi connectivity index (χ2n) is 8.98. The van der Waals surface area contributed by atoms with Crippen molar-refractivity contribution in [2.75, 3.05) is 13.2 Å². The van der Waals surface area contributed by atoms with Crippen molar-refractivity contribution in [1.29, 1.82) is 0 Å². The van der Waals surface area contributed by atoms with Gasteiger partial charge in [-0.1, -0.05) is 91.7 Å². The van der Waals surface area contributed by atoms with Gasteiger partial charge in [0.25, 0.3) is 0 Å². The lowest BCUT2D eigenvalue weighted by Crippen LogP contribution is -2.31. The SMILES string of the molecule is c1ccc(CN(Cc2ccccc2)CC2CCC(CCOc3ccccc3)CC2)cc1. The molecule has 1 fully saturated rings. The Bertz CT molecular complexity index is 816. The van der Waals surface area contributed by atoms with Crippen molar-refractivity contribution >= 4 is 0 Å². The molecule has 31 heavy (non-hydrogen) atoms. The molecule has 3 aromatic carbocycles. The van der Waals surface area contributed by atoms with E-state index >= 15 is 0 Å². The molecule has 0 radical (unpaired) electrons. The molecule has 2 nitrogen and oxygen atoms in total. The summed E-state index contributed by atoms with van der Waals surface area (Å²) in [4.78, 5) is 2.65. The number of hydrogen-bond donors (Lipinski definition) is 0. The van der Waals surface area contributed by atoms with Crippen molar-refractivity contribution in [3.63, 3.8) is 0 Å². The first-order chi connectivity index (χ1) is 15.3. The molecule has 1 saturated carbocycles. The van der Waals surface area contributed by atoms with Gasteiger partial charge in [0.1, 0.15) is 5.75 Å². The Kier molecular flexibility index (Phi) is 8.18. The maximum absolute atomic E-state index is 5.92. The molecule has 1 aliphatic carbocycles. The number of benzene rings is 3. The molecular formula is C29H35NO. The van der Waals surface area contributed by atoms with E-state index in [0.717, 1.165) is 37.3 Å². The van der Waals surface area contributed by atoms with Crippen LogP contribution in [0.15, 0.2) is 91.0 Å². The minimum absolute atomic E-state index is 0.804. The lowest BCUT2D eigenvalue weighted by Gasteiger charge is -2.33. The zero-order valence-corrected chi connectivity index (χ0v) is 18.5. The fourth-order valence-electron chi connectivity index (χ4n) is 4.80. The summed E-state index contributed by atoms with van der Waals surface area (Å²) in [5.41, 5.74) is 2.82. The van der Waals surface area contributed by atoms with E-state index in [1.165, 1.54) is 49.8 Å². The monoisotopic (exact) mass is 413 g/mol. The van der Waals surface area contributed by atoms with Crippen molar-refractivity contribution in [2.45, 2.75) is 45.2 Å². The largest absolute Gasteiger partial charge is 0.494 e. The van der Waals surface area contributed by atoms with Crippen LogP contribution in [-0.2, 0) is 13.1 Å². The van der Waals surface area contributed by atoms with Gasteiger partial charge in [0.2, 0.25) is 0 Å². The summed E-state index contributed by atoms with van der Waals surface area (Å²) in [7, 11) is 0. The first-order valence-corrected chi connectivity index (χ1v) is 11.8. The Morgan fingerprint density at radius 2 is 1.10 bits per heavy atom. The second kappa shape index (κ2) is 11.7. The van der Waals surface area contributed by atoms with Crippen molar-refractivity contribution in [3.8, 4) is 5.75 Å². The molecule has 0 heterocycles. The molecule has 0 aliphatic heterocycles. The molecule has 4 rings (SSSR count). The van der Waals surface area contributed by atoms with Crippen LogP contribution in [0.5, 0.6) is 5.75 Å². The number of para-hydroxylation sites is 1. The molecule has 0 spiro atoms. The van der Waals surface area contributed by atoms with Gasteiger partial charge in [-0.15, -0.1) is 0 Å². The predicted octanol–water partition coefficient (Wildman–Crippen LogP) is 6.96. The van der Waals surface area contributed by atoms with Crippen LogP contribution in [0.3, 0.4) is 0 Å². The standard InChI is InChI=1S/C29H35NO/c1-4-10-26(11-5-1)22-30(23-27-12-6-2-7-13-27)24-28-18-16-25(17-19-28)20-21-31-29-14-8-3-9-15-29/h1-15,25,28H,16-24H2. The lowest BCUT2D eigenvalue weighted by molar-refractivity contribution is 0.157. The summed E-state index contributed by atoms with van der Waals surface area (Å²) in [5, 5.41) is 0. The van der Waals surface area contributed by atoms with Crippen LogP contribution in [0.1, 0.15) is 43.2 Å². The lowest BCUT2D eigenvalue weighted by atomic mass is 9.80. The molecule has 0 N–H and O–H groups in total. The molecule has 0 amide bonds. The topological polar surface area (TPSA) is 12.5 Å². The first kappa shape index (κ1) is 21.6. The molecule has 0 aromatic heterocycles. The van der Waals surface area contributed by atoms with E-state index in [0.29, 0.717) is 0 Å². The fourth-order valence-corrected chi connectivity index (χ4v) is 4.80. The minimum Gasteiger partial charge on any atom is -0.494 e. The molecule has 0 atom stereocenters. The summed E-state index contributed by atoms with van der Waals surface area (Å²) in [6.07, 6.45) is 6.55. The highest BCUT2D eigenvalue weighted by Gasteiger charge is 2.23. The second-order valence-corrected chi connectivity index (χ2v) is 8.98. The third-order valence-electron chi connectivity index (χ3n) is 6.52. The first-order valence-electron chi connectivity index (χ1n) is 11.8. The van der Waals surface area contributed by atoms with Crippen LogP contribution >= 0.6 is 0 Å². The van der Waals surface area contributed by atoms with Gasteiger partial charge in [0, 0.05) is 19.6 Å². The summed E-state index contributed by atoms with van der Waals surface area (Å²) in [6.45, 7) is 4.09. The van der Waals surface area contributed by atoms with Crippen molar-refractivity contribution < 1.29 is 4.74 Å². The zero-order chi connectivity index (χ0) is 21.1. The minimum atomic E-state index is 0.804. The Morgan fingerprint density at radius 1 is 0.613 bits per heavy atom. The van der Waals surface area contributed by atoms with Crippen molar-refractivity contribution in [1.82, 2.24) is 4.90 Å². The molecule has 0 bridgehead atoms. The normalized spacial score (nSPS) is 18.7. The van der Waals surface area contributed by atoms with Gasteiger partial charge in [0.15, 0.2) is 0 Å². The van der Waals surface area contributed by atoms with Crippen LogP contribution in [0, 0.1) is 11.8 Å². The van der Waals surface area contributed by atoms with Gasteiger partial charge in [-0.3, -0.25) is 4.90 Å². The highest BCUT2D eigenvalue weighted by atomic mass is 16.5. The molecule has 3 aromatic rings. The van der Waals surface area contributed by atoms with Crippen LogP contribution in [0.25, 0.3) is 0 Å². The third kappa shape index (κ3) is 7.25. The molecule has 0 unspecified atom stereocenters. The smallest absolute Gasteiger partial charge is 0.119 e. The number of hydrogen-bond acceptors (Lipinski definition) is 2. The zero-order valence-electron chi connectivity index (χ0n) is 18.5. The van der Waals surface area contributed by atoms with E-state index < -0.39 is 0 Å². The van der Waals surface area contributed by atoms with Crippen molar-refractivity contribution in [2.24, 2.45) is 11.8 Å². The van der Waals surface area contributed by atoms with Gasteiger partial charge in [-0.05, 0) is 54.4 Å². The number of ether oxygens (including phenoxy) is 1. The van der Waals surface area contributed by atoms with E-state index in [1.54, 1.807) is 0 Å². The average Bonchev–Trinajstić information content (AvgIpc) is 2.82. The molecule has 0 saturated heterocycles. The summed E-state index contributed by atoms with van der Waals surface area (Å²) in [5.74, 6) is 2.61. The number of nitrogens with zero attached hydrogens (tertiary/aromatic N) is 1. The Balaban J connectivity index is 1.25.